The second-order valence-corrected chi connectivity index (χ2v) is 8.16. The van der Waals surface area contributed by atoms with Crippen LogP contribution in [0.3, 0.4) is 0 Å². The first kappa shape index (κ1) is 18.3. The lowest BCUT2D eigenvalue weighted by Crippen LogP contribution is -2.45. The number of sulfonamides is 1. The van der Waals surface area contributed by atoms with E-state index < -0.39 is 45.5 Å². The van der Waals surface area contributed by atoms with E-state index in [9.17, 15) is 31.2 Å². The molecule has 2 aliphatic rings. The van der Waals surface area contributed by atoms with Crippen LogP contribution in [0.15, 0.2) is 35.2 Å². The third-order valence-corrected chi connectivity index (χ3v) is 6.22. The highest BCUT2D eigenvalue weighted by Gasteiger charge is 2.45. The predicted octanol–water partition coefficient (Wildman–Crippen LogP) is 3.05. The van der Waals surface area contributed by atoms with Gasteiger partial charge in [0.25, 0.3) is 15.9 Å². The van der Waals surface area contributed by atoms with Crippen molar-refractivity contribution in [3.63, 3.8) is 0 Å². The maximum Gasteiger partial charge on any atom is 0.336 e. The van der Waals surface area contributed by atoms with Crippen molar-refractivity contribution in [2.45, 2.75) is 23.8 Å². The molecule has 0 unspecified atom stereocenters. The van der Waals surface area contributed by atoms with E-state index in [0.29, 0.717) is 25.0 Å². The molecule has 0 atom stereocenters. The molecule has 0 aromatic heterocycles. The van der Waals surface area contributed by atoms with Crippen molar-refractivity contribution in [1.29, 1.82) is 0 Å². The maximum atomic E-state index is 13.3. The van der Waals surface area contributed by atoms with Gasteiger partial charge in [0.05, 0.1) is 11.7 Å². The van der Waals surface area contributed by atoms with Crippen molar-refractivity contribution in [3.8, 4) is 0 Å². The molecule has 1 fully saturated rings. The molecule has 1 aliphatic heterocycles. The van der Waals surface area contributed by atoms with Gasteiger partial charge in [-0.1, -0.05) is 0 Å². The number of rotatable bonds is 3. The molecule has 2 aromatic rings. The lowest BCUT2D eigenvalue weighted by Gasteiger charge is -2.29. The van der Waals surface area contributed by atoms with Gasteiger partial charge in [-0.15, -0.1) is 0 Å². The quantitative estimate of drug-likeness (QED) is 0.759. The van der Waals surface area contributed by atoms with Crippen molar-refractivity contribution in [2.24, 2.45) is 0 Å². The zero-order chi connectivity index (χ0) is 20.2. The molecular weight excluding hydrogens is 399 g/mol. The number of carbonyl (C=O) groups is 2. The Hall–Kier alpha value is -3.08. The van der Waals surface area contributed by atoms with E-state index in [0.717, 1.165) is 10.4 Å². The minimum absolute atomic E-state index is 0.0253. The first-order valence-electron chi connectivity index (χ1n) is 8.14. The zero-order valence-corrected chi connectivity index (χ0v) is 14.8. The maximum absolute atomic E-state index is 13.3. The van der Waals surface area contributed by atoms with E-state index in [1.54, 1.807) is 0 Å². The van der Waals surface area contributed by atoms with E-state index in [-0.39, 0.29) is 21.8 Å². The topological polar surface area (TPSA) is 95.6 Å². The molecule has 3 amide bonds. The first-order valence-corrected chi connectivity index (χ1v) is 9.58. The predicted molar refractivity (Wildman–Crippen MR) is 91.8 cm³/mol. The van der Waals surface area contributed by atoms with Gasteiger partial charge in [-0.2, -0.15) is 0 Å². The Kier molecular flexibility index (Phi) is 4.07. The summed E-state index contributed by atoms with van der Waals surface area (Å²) in [5.74, 6) is -5.50. The van der Waals surface area contributed by atoms with E-state index >= 15 is 0 Å². The van der Waals surface area contributed by atoms with Crippen LogP contribution in [0.5, 0.6) is 0 Å². The molecule has 0 radical (unpaired) electrons. The van der Waals surface area contributed by atoms with Gasteiger partial charge in [0.1, 0.15) is 4.90 Å². The van der Waals surface area contributed by atoms with Gasteiger partial charge in [0.15, 0.2) is 17.5 Å². The van der Waals surface area contributed by atoms with Crippen LogP contribution in [0.2, 0.25) is 0 Å². The number of hydrogen-bond acceptors (Lipinski definition) is 4. The summed E-state index contributed by atoms with van der Waals surface area (Å²) in [6.07, 6.45) is 1.12. The number of urea groups is 1. The lowest BCUT2D eigenvalue weighted by atomic mass is 10.2. The van der Waals surface area contributed by atoms with Crippen LogP contribution in [0, 0.1) is 17.5 Å². The zero-order valence-electron chi connectivity index (χ0n) is 14.0. The monoisotopic (exact) mass is 411 g/mol. The minimum atomic E-state index is -4.15. The van der Waals surface area contributed by atoms with Crippen LogP contribution < -0.4 is 10.6 Å². The number of anilines is 2. The summed E-state index contributed by atoms with van der Waals surface area (Å²) in [4.78, 5) is 24.2. The van der Waals surface area contributed by atoms with E-state index in [1.807, 2.05) is 0 Å². The van der Waals surface area contributed by atoms with Crippen LogP contribution in [-0.4, -0.2) is 30.7 Å². The second-order valence-electron chi connectivity index (χ2n) is 6.38. The Balaban J connectivity index is 1.67. The summed E-state index contributed by atoms with van der Waals surface area (Å²) >= 11 is 0. The third kappa shape index (κ3) is 2.97. The summed E-state index contributed by atoms with van der Waals surface area (Å²) in [6, 6.07) is 3.57. The number of halogens is 3. The van der Waals surface area contributed by atoms with E-state index in [2.05, 4.69) is 10.6 Å². The van der Waals surface area contributed by atoms with Gasteiger partial charge >= 0.3 is 6.03 Å². The van der Waals surface area contributed by atoms with Crippen LogP contribution in [0.25, 0.3) is 0 Å². The van der Waals surface area contributed by atoms with Crippen LogP contribution in [0.1, 0.15) is 23.2 Å². The van der Waals surface area contributed by atoms with Gasteiger partial charge in [0, 0.05) is 23.4 Å². The van der Waals surface area contributed by atoms with Crippen LogP contribution in [-0.2, 0) is 10.0 Å². The molecule has 0 bridgehead atoms. The molecule has 0 spiro atoms. The number of amides is 3. The first-order chi connectivity index (χ1) is 13.2. The molecule has 1 aliphatic carbocycles. The molecule has 146 valence electrons. The molecule has 2 aromatic carbocycles. The number of nitrogens with zero attached hydrogens (tertiary/aromatic N) is 1. The molecule has 2 N–H and O–H groups in total. The summed E-state index contributed by atoms with van der Waals surface area (Å²) in [6.45, 7) is 0. The summed E-state index contributed by atoms with van der Waals surface area (Å²) < 4.78 is 65.8. The van der Waals surface area contributed by atoms with Crippen molar-refractivity contribution >= 4 is 33.3 Å². The van der Waals surface area contributed by atoms with Crippen molar-refractivity contribution in [3.05, 3.63) is 53.3 Å². The Morgan fingerprint density at radius 1 is 1.11 bits per heavy atom. The smallest absolute Gasteiger partial charge is 0.322 e. The Morgan fingerprint density at radius 3 is 2.36 bits per heavy atom. The molecular formula is C17H12F3N3O4S. The SMILES string of the molecule is O=C(Nc1cc(F)c(F)c(F)c1)c1ccc2c(c1)S(=O)(=O)N(C1CC1)C(=O)N2. The fourth-order valence-electron chi connectivity index (χ4n) is 2.87. The molecule has 4 rings (SSSR count). The Morgan fingerprint density at radius 2 is 1.75 bits per heavy atom. The van der Waals surface area contributed by atoms with E-state index in [1.165, 1.54) is 12.1 Å². The van der Waals surface area contributed by atoms with Crippen molar-refractivity contribution in [1.82, 2.24) is 4.31 Å². The molecule has 11 heteroatoms. The largest absolute Gasteiger partial charge is 0.336 e. The normalized spacial score (nSPS) is 17.7. The fourth-order valence-corrected chi connectivity index (χ4v) is 4.62. The van der Waals surface area contributed by atoms with Gasteiger partial charge in [-0.05, 0) is 31.0 Å². The summed E-state index contributed by atoms with van der Waals surface area (Å²) in [5, 5.41) is 4.63. The number of fused-ring (bicyclic) bond motifs is 1. The molecule has 28 heavy (non-hydrogen) atoms. The number of carbonyl (C=O) groups excluding carboxylic acids is 2. The highest BCUT2D eigenvalue weighted by molar-refractivity contribution is 7.90. The van der Waals surface area contributed by atoms with Crippen molar-refractivity contribution < 1.29 is 31.2 Å². The number of nitrogens with one attached hydrogen (secondary N) is 2. The van der Waals surface area contributed by atoms with Gasteiger partial charge < -0.3 is 10.6 Å². The Bertz CT molecular complexity index is 1110. The minimum Gasteiger partial charge on any atom is -0.322 e. The number of hydrogen-bond donors (Lipinski definition) is 2. The molecule has 0 saturated heterocycles. The highest BCUT2D eigenvalue weighted by atomic mass is 32.2. The van der Waals surface area contributed by atoms with Crippen LogP contribution in [0.4, 0.5) is 29.3 Å². The molecule has 1 heterocycles. The summed E-state index contributed by atoms with van der Waals surface area (Å²) in [5.41, 5.74) is -0.438. The molecule has 1 saturated carbocycles. The second kappa shape index (κ2) is 6.23. The average Bonchev–Trinajstić information content (AvgIpc) is 3.43. The molecule has 7 nitrogen and oxygen atoms in total. The third-order valence-electron chi connectivity index (χ3n) is 4.34. The van der Waals surface area contributed by atoms with Crippen LogP contribution >= 0.6 is 0 Å². The van der Waals surface area contributed by atoms with E-state index in [4.69, 9.17) is 0 Å². The van der Waals surface area contributed by atoms with Gasteiger partial charge in [-0.25, -0.2) is 30.7 Å². The number of benzene rings is 2. The fraction of sp³-hybridized carbons (Fsp3) is 0.176. The lowest BCUT2D eigenvalue weighted by molar-refractivity contribution is 0.102. The highest BCUT2D eigenvalue weighted by Crippen LogP contribution is 2.38. The van der Waals surface area contributed by atoms with Crippen molar-refractivity contribution in [2.75, 3.05) is 10.6 Å². The average molecular weight is 411 g/mol. The standard InChI is InChI=1S/C17H12F3N3O4S/c18-11-6-9(7-12(19)15(11)20)21-16(24)8-1-4-13-14(5-8)28(26,27)23(10-2-3-10)17(25)22-13/h1,4-7,10H,2-3H2,(H,21,24)(H,22,25). The summed E-state index contributed by atoms with van der Waals surface area (Å²) in [7, 11) is -4.15. The van der Waals surface area contributed by atoms with Gasteiger partial charge in [-0.3, -0.25) is 4.79 Å². The Labute approximate surface area is 157 Å². The van der Waals surface area contributed by atoms with Gasteiger partial charge in [0.2, 0.25) is 0 Å².